The van der Waals surface area contributed by atoms with Crippen molar-refractivity contribution < 1.29 is 14.4 Å². The van der Waals surface area contributed by atoms with Crippen molar-refractivity contribution in [1.82, 2.24) is 10.6 Å². The van der Waals surface area contributed by atoms with Crippen LogP contribution in [0.5, 0.6) is 0 Å². The molecule has 1 saturated heterocycles. The molecule has 6 nitrogen and oxygen atoms in total. The van der Waals surface area contributed by atoms with Gasteiger partial charge in [-0.2, -0.15) is 0 Å². The number of amides is 3. The number of rotatable bonds is 7. The highest BCUT2D eigenvalue weighted by molar-refractivity contribution is 5.98. The van der Waals surface area contributed by atoms with Crippen molar-refractivity contribution in [3.05, 3.63) is 41.5 Å². The van der Waals surface area contributed by atoms with Gasteiger partial charge in [0.25, 0.3) is 5.91 Å². The molecular formula is C21H27N3O3. The molecule has 0 saturated carbocycles. The SMILES string of the molecule is O=C(CNC(=O)c1ccc(N2CCCC2=O)cc1)NCCC1=CCCCC1. The summed E-state index contributed by atoms with van der Waals surface area (Å²) < 4.78 is 0. The molecule has 1 aliphatic heterocycles. The number of anilines is 1. The molecular weight excluding hydrogens is 342 g/mol. The molecule has 1 aliphatic carbocycles. The van der Waals surface area contributed by atoms with Crippen LogP contribution in [0.1, 0.15) is 55.3 Å². The molecule has 3 rings (SSSR count). The Kier molecular flexibility index (Phi) is 6.63. The predicted molar refractivity (Wildman–Crippen MR) is 105 cm³/mol. The first-order valence-electron chi connectivity index (χ1n) is 9.77. The van der Waals surface area contributed by atoms with E-state index in [1.807, 2.05) is 0 Å². The summed E-state index contributed by atoms with van der Waals surface area (Å²) >= 11 is 0. The van der Waals surface area contributed by atoms with Gasteiger partial charge in [-0.1, -0.05) is 11.6 Å². The van der Waals surface area contributed by atoms with Gasteiger partial charge in [-0.3, -0.25) is 14.4 Å². The number of carbonyl (C=O) groups is 3. The fourth-order valence-electron chi connectivity index (χ4n) is 3.53. The highest BCUT2D eigenvalue weighted by Gasteiger charge is 2.21. The van der Waals surface area contributed by atoms with Gasteiger partial charge in [-0.25, -0.2) is 0 Å². The van der Waals surface area contributed by atoms with Gasteiger partial charge in [-0.15, -0.1) is 0 Å². The first kappa shape index (κ1) is 19.1. The number of allylic oxidation sites excluding steroid dienone is 1. The number of benzene rings is 1. The zero-order chi connectivity index (χ0) is 19.1. The van der Waals surface area contributed by atoms with E-state index in [2.05, 4.69) is 16.7 Å². The van der Waals surface area contributed by atoms with Crippen molar-refractivity contribution in [2.24, 2.45) is 0 Å². The van der Waals surface area contributed by atoms with E-state index in [0.29, 0.717) is 18.5 Å². The fourth-order valence-corrected chi connectivity index (χ4v) is 3.53. The van der Waals surface area contributed by atoms with Gasteiger partial charge in [0.15, 0.2) is 0 Å². The maximum atomic E-state index is 12.2. The Labute approximate surface area is 160 Å². The summed E-state index contributed by atoms with van der Waals surface area (Å²) in [5, 5.41) is 5.49. The molecule has 0 unspecified atom stereocenters. The number of hydrogen-bond acceptors (Lipinski definition) is 3. The molecule has 27 heavy (non-hydrogen) atoms. The minimum absolute atomic E-state index is 0.0375. The van der Waals surface area contributed by atoms with E-state index in [9.17, 15) is 14.4 Å². The van der Waals surface area contributed by atoms with Gasteiger partial charge in [0.1, 0.15) is 0 Å². The average Bonchev–Trinajstić information content (AvgIpc) is 3.13. The molecule has 144 valence electrons. The van der Waals surface area contributed by atoms with Crippen LogP contribution in [0.25, 0.3) is 0 Å². The molecule has 2 aliphatic rings. The fraction of sp³-hybridized carbons (Fsp3) is 0.476. The third kappa shape index (κ3) is 5.42. The van der Waals surface area contributed by atoms with Gasteiger partial charge in [0.2, 0.25) is 11.8 Å². The Morgan fingerprint density at radius 1 is 1.00 bits per heavy atom. The smallest absolute Gasteiger partial charge is 0.251 e. The molecule has 0 spiro atoms. The Balaban J connectivity index is 1.40. The molecule has 0 aromatic heterocycles. The summed E-state index contributed by atoms with van der Waals surface area (Å²) in [5.74, 6) is -0.355. The average molecular weight is 369 g/mol. The molecule has 3 amide bonds. The van der Waals surface area contributed by atoms with Crippen LogP contribution in [0.3, 0.4) is 0 Å². The van der Waals surface area contributed by atoms with Gasteiger partial charge < -0.3 is 15.5 Å². The first-order valence-corrected chi connectivity index (χ1v) is 9.77. The van der Waals surface area contributed by atoms with Crippen LogP contribution in [-0.2, 0) is 9.59 Å². The Hall–Kier alpha value is -2.63. The van der Waals surface area contributed by atoms with Crippen molar-refractivity contribution >= 4 is 23.4 Å². The van der Waals surface area contributed by atoms with E-state index in [4.69, 9.17) is 0 Å². The van der Waals surface area contributed by atoms with E-state index in [1.54, 1.807) is 29.2 Å². The second kappa shape index (κ2) is 9.35. The van der Waals surface area contributed by atoms with Crippen LogP contribution in [0.15, 0.2) is 35.9 Å². The minimum atomic E-state index is -0.292. The second-order valence-corrected chi connectivity index (χ2v) is 7.09. The molecule has 1 heterocycles. The molecule has 1 aromatic carbocycles. The normalized spacial score (nSPS) is 16.8. The van der Waals surface area contributed by atoms with Crippen molar-refractivity contribution in [2.75, 3.05) is 24.5 Å². The summed E-state index contributed by atoms with van der Waals surface area (Å²) in [6, 6.07) is 6.92. The largest absolute Gasteiger partial charge is 0.354 e. The topological polar surface area (TPSA) is 78.5 Å². The minimum Gasteiger partial charge on any atom is -0.354 e. The van der Waals surface area contributed by atoms with Crippen LogP contribution < -0.4 is 15.5 Å². The zero-order valence-electron chi connectivity index (χ0n) is 15.6. The Morgan fingerprint density at radius 3 is 2.48 bits per heavy atom. The lowest BCUT2D eigenvalue weighted by Gasteiger charge is -2.16. The second-order valence-electron chi connectivity index (χ2n) is 7.09. The van der Waals surface area contributed by atoms with E-state index in [1.165, 1.54) is 18.4 Å². The molecule has 1 aromatic rings. The molecule has 2 N–H and O–H groups in total. The van der Waals surface area contributed by atoms with Crippen molar-refractivity contribution in [3.8, 4) is 0 Å². The summed E-state index contributed by atoms with van der Waals surface area (Å²) in [6.07, 6.45) is 9.38. The first-order chi connectivity index (χ1) is 13.1. The standard InChI is InChI=1S/C21H27N3O3/c25-19(22-13-12-16-5-2-1-3-6-16)15-23-21(27)17-8-10-18(11-9-17)24-14-4-7-20(24)26/h5,8-11H,1-4,6-7,12-15H2,(H,22,25)(H,23,27). The molecule has 0 radical (unpaired) electrons. The van der Waals surface area contributed by atoms with E-state index in [-0.39, 0.29) is 24.3 Å². The highest BCUT2D eigenvalue weighted by Crippen LogP contribution is 2.21. The third-order valence-corrected chi connectivity index (χ3v) is 5.08. The molecule has 0 bridgehead atoms. The maximum Gasteiger partial charge on any atom is 0.251 e. The quantitative estimate of drug-likeness (QED) is 0.725. The van der Waals surface area contributed by atoms with Crippen molar-refractivity contribution in [3.63, 3.8) is 0 Å². The maximum absolute atomic E-state index is 12.2. The summed E-state index contributed by atoms with van der Waals surface area (Å²) in [6.45, 7) is 1.30. The number of carbonyl (C=O) groups excluding carboxylic acids is 3. The van der Waals surface area contributed by atoms with Gasteiger partial charge >= 0.3 is 0 Å². The summed E-state index contributed by atoms with van der Waals surface area (Å²) in [7, 11) is 0. The highest BCUT2D eigenvalue weighted by atomic mass is 16.2. The number of hydrogen-bond donors (Lipinski definition) is 2. The lowest BCUT2D eigenvalue weighted by molar-refractivity contribution is -0.120. The van der Waals surface area contributed by atoms with Crippen molar-refractivity contribution in [2.45, 2.75) is 44.9 Å². The summed E-state index contributed by atoms with van der Waals surface area (Å²) in [5.41, 5.74) is 2.71. The van der Waals surface area contributed by atoms with Crippen LogP contribution >= 0.6 is 0 Å². The van der Waals surface area contributed by atoms with E-state index < -0.39 is 0 Å². The molecule has 6 heteroatoms. The van der Waals surface area contributed by atoms with Crippen LogP contribution in [0, 0.1) is 0 Å². The molecule has 0 atom stereocenters. The summed E-state index contributed by atoms with van der Waals surface area (Å²) in [4.78, 5) is 37.6. The van der Waals surface area contributed by atoms with E-state index in [0.717, 1.165) is 37.9 Å². The van der Waals surface area contributed by atoms with E-state index >= 15 is 0 Å². The van der Waals surface area contributed by atoms with Gasteiger partial charge in [0.05, 0.1) is 6.54 Å². The zero-order valence-corrected chi connectivity index (χ0v) is 15.6. The van der Waals surface area contributed by atoms with Crippen LogP contribution in [-0.4, -0.2) is 37.4 Å². The lowest BCUT2D eigenvalue weighted by Crippen LogP contribution is -2.37. The Bertz CT molecular complexity index is 725. The van der Waals surface area contributed by atoms with Crippen LogP contribution in [0.4, 0.5) is 5.69 Å². The third-order valence-electron chi connectivity index (χ3n) is 5.08. The van der Waals surface area contributed by atoms with Gasteiger partial charge in [0, 0.05) is 30.8 Å². The lowest BCUT2D eigenvalue weighted by atomic mass is 9.97. The predicted octanol–water partition coefficient (Wildman–Crippen LogP) is 2.55. The van der Waals surface area contributed by atoms with Crippen molar-refractivity contribution in [1.29, 1.82) is 0 Å². The van der Waals surface area contributed by atoms with Gasteiger partial charge in [-0.05, 0) is 62.8 Å². The number of nitrogens with zero attached hydrogens (tertiary/aromatic N) is 1. The monoisotopic (exact) mass is 369 g/mol. The Morgan fingerprint density at radius 2 is 1.81 bits per heavy atom. The van der Waals surface area contributed by atoms with Crippen LogP contribution in [0.2, 0.25) is 0 Å². The molecule has 1 fully saturated rings. The number of nitrogens with one attached hydrogen (secondary N) is 2.